The Morgan fingerprint density at radius 2 is 1.83 bits per heavy atom. The van der Waals surface area contributed by atoms with Gasteiger partial charge >= 0.3 is 0 Å². The predicted octanol–water partition coefficient (Wildman–Crippen LogP) is 2.40. The van der Waals surface area contributed by atoms with Gasteiger partial charge in [0.05, 0.1) is 5.56 Å². The van der Waals surface area contributed by atoms with Gasteiger partial charge in [-0.25, -0.2) is 0 Å². The lowest BCUT2D eigenvalue weighted by molar-refractivity contribution is 0.0684. The highest BCUT2D eigenvalue weighted by Crippen LogP contribution is 2.26. The molecule has 2 aromatic rings. The van der Waals surface area contributed by atoms with Crippen LogP contribution in [0.15, 0.2) is 47.4 Å². The van der Waals surface area contributed by atoms with Crippen LogP contribution in [0.3, 0.4) is 0 Å². The predicted molar refractivity (Wildman–Crippen MR) is 90.6 cm³/mol. The molecule has 1 aliphatic carbocycles. The average molecular weight is 310 g/mol. The first kappa shape index (κ1) is 15.5. The van der Waals surface area contributed by atoms with Gasteiger partial charge in [0.15, 0.2) is 0 Å². The van der Waals surface area contributed by atoms with E-state index in [4.69, 9.17) is 0 Å². The van der Waals surface area contributed by atoms with E-state index in [1.165, 1.54) is 21.8 Å². The Morgan fingerprint density at radius 3 is 2.39 bits per heavy atom. The quantitative estimate of drug-likeness (QED) is 0.870. The highest BCUT2D eigenvalue weighted by Gasteiger charge is 2.29. The number of benzene rings is 1. The van der Waals surface area contributed by atoms with Gasteiger partial charge in [-0.3, -0.25) is 9.59 Å². The summed E-state index contributed by atoms with van der Waals surface area (Å²) >= 11 is 0. The zero-order valence-corrected chi connectivity index (χ0v) is 13.7. The van der Waals surface area contributed by atoms with Crippen LogP contribution in [-0.4, -0.2) is 28.0 Å². The number of carbonyl (C=O) groups is 1. The molecule has 0 atom stereocenters. The van der Waals surface area contributed by atoms with E-state index in [0.717, 1.165) is 25.8 Å². The van der Waals surface area contributed by atoms with Gasteiger partial charge in [-0.05, 0) is 36.5 Å². The molecule has 0 spiro atoms. The second-order valence-corrected chi connectivity index (χ2v) is 6.20. The molecule has 0 saturated heterocycles. The molecule has 1 amide bonds. The fourth-order valence-corrected chi connectivity index (χ4v) is 3.33. The largest absolute Gasteiger partial charge is 0.335 e. The zero-order chi connectivity index (χ0) is 16.4. The van der Waals surface area contributed by atoms with Crippen LogP contribution in [0.1, 0.15) is 34.8 Å². The number of hydrogen-bond acceptors (Lipinski definition) is 2. The van der Waals surface area contributed by atoms with E-state index in [1.807, 2.05) is 4.90 Å². The van der Waals surface area contributed by atoms with Gasteiger partial charge in [-0.1, -0.05) is 31.2 Å². The van der Waals surface area contributed by atoms with Crippen LogP contribution in [0, 0.1) is 0 Å². The molecule has 4 nitrogen and oxygen atoms in total. The Kier molecular flexibility index (Phi) is 4.33. The molecule has 0 saturated carbocycles. The van der Waals surface area contributed by atoms with Crippen LogP contribution >= 0.6 is 0 Å². The Bertz CT molecular complexity index is 754. The van der Waals surface area contributed by atoms with Gasteiger partial charge in [0.1, 0.15) is 0 Å². The minimum atomic E-state index is -0.100. The number of hydrogen-bond donors (Lipinski definition) is 0. The Balaban J connectivity index is 1.86. The maximum absolute atomic E-state index is 12.9. The fraction of sp³-hybridized carbons (Fsp3) is 0.368. The lowest BCUT2D eigenvalue weighted by atomic mass is 10.1. The van der Waals surface area contributed by atoms with Crippen molar-refractivity contribution >= 4 is 5.91 Å². The number of aromatic nitrogens is 1. The second kappa shape index (κ2) is 6.41. The number of amides is 1. The third-order valence-electron chi connectivity index (χ3n) is 4.53. The summed E-state index contributed by atoms with van der Waals surface area (Å²) in [7, 11) is 1.68. The van der Waals surface area contributed by atoms with Gasteiger partial charge in [-0.15, -0.1) is 0 Å². The van der Waals surface area contributed by atoms with Crippen LogP contribution in [0.4, 0.5) is 0 Å². The molecule has 23 heavy (non-hydrogen) atoms. The van der Waals surface area contributed by atoms with Crippen LogP contribution in [0.2, 0.25) is 0 Å². The molecule has 0 unspecified atom stereocenters. The summed E-state index contributed by atoms with van der Waals surface area (Å²) in [6, 6.07) is 11.7. The van der Waals surface area contributed by atoms with Gasteiger partial charge < -0.3 is 9.47 Å². The maximum atomic E-state index is 12.9. The Morgan fingerprint density at radius 1 is 1.17 bits per heavy atom. The summed E-state index contributed by atoms with van der Waals surface area (Å²) in [5, 5.41) is 0. The molecule has 4 heteroatoms. The number of pyridine rings is 1. The van der Waals surface area contributed by atoms with Crippen molar-refractivity contribution in [3.05, 3.63) is 69.6 Å². The molecule has 1 aliphatic rings. The first-order valence-corrected chi connectivity index (χ1v) is 8.14. The van der Waals surface area contributed by atoms with Crippen molar-refractivity contribution in [2.45, 2.75) is 32.2 Å². The summed E-state index contributed by atoms with van der Waals surface area (Å²) in [6.45, 7) is 2.82. The number of nitrogens with zero attached hydrogens (tertiary/aromatic N) is 2. The Hall–Kier alpha value is -2.36. The van der Waals surface area contributed by atoms with E-state index in [1.54, 1.807) is 19.3 Å². The van der Waals surface area contributed by atoms with Crippen LogP contribution < -0.4 is 5.56 Å². The maximum Gasteiger partial charge on any atom is 0.255 e. The van der Waals surface area contributed by atoms with E-state index < -0.39 is 0 Å². The van der Waals surface area contributed by atoms with E-state index in [0.29, 0.717) is 5.56 Å². The molecule has 0 N–H and O–H groups in total. The minimum absolute atomic E-state index is 0.0141. The number of carbonyl (C=O) groups excluding carboxylic acids is 1. The molecule has 0 fully saturated rings. The van der Waals surface area contributed by atoms with E-state index in [9.17, 15) is 9.59 Å². The molecule has 1 aromatic carbocycles. The molecule has 0 aliphatic heterocycles. The molecule has 0 bridgehead atoms. The van der Waals surface area contributed by atoms with Crippen molar-refractivity contribution in [3.63, 3.8) is 0 Å². The second-order valence-electron chi connectivity index (χ2n) is 6.20. The first-order valence-electron chi connectivity index (χ1n) is 8.14. The normalized spacial score (nSPS) is 13.8. The number of rotatable bonds is 4. The smallest absolute Gasteiger partial charge is 0.255 e. The lowest BCUT2D eigenvalue weighted by Crippen LogP contribution is -2.41. The molecule has 120 valence electrons. The summed E-state index contributed by atoms with van der Waals surface area (Å²) in [4.78, 5) is 26.5. The summed E-state index contributed by atoms with van der Waals surface area (Å²) in [5.41, 5.74) is 3.16. The van der Waals surface area contributed by atoms with Crippen molar-refractivity contribution in [3.8, 4) is 0 Å². The zero-order valence-electron chi connectivity index (χ0n) is 13.7. The van der Waals surface area contributed by atoms with Crippen molar-refractivity contribution in [2.24, 2.45) is 7.05 Å². The SMILES string of the molecule is CCCN(C(=O)c1ccc(=O)n(C)c1)C1Cc2ccccc2C1. The van der Waals surface area contributed by atoms with E-state index in [2.05, 4.69) is 31.2 Å². The van der Waals surface area contributed by atoms with Gasteiger partial charge in [0, 0.05) is 31.9 Å². The fourth-order valence-electron chi connectivity index (χ4n) is 3.33. The third-order valence-corrected chi connectivity index (χ3v) is 4.53. The molecular formula is C19H22N2O2. The summed E-state index contributed by atoms with van der Waals surface area (Å²) in [5.74, 6) is 0.0141. The van der Waals surface area contributed by atoms with Crippen LogP contribution in [0.5, 0.6) is 0 Å². The standard InChI is InChI=1S/C19H22N2O2/c1-3-10-21(17-11-14-6-4-5-7-15(14)12-17)19(23)16-8-9-18(22)20(2)13-16/h4-9,13,17H,3,10-12H2,1-2H3. The molecule has 3 rings (SSSR count). The van der Waals surface area contributed by atoms with Crippen molar-refractivity contribution in [2.75, 3.05) is 6.54 Å². The van der Waals surface area contributed by atoms with Crippen molar-refractivity contribution in [1.82, 2.24) is 9.47 Å². The minimum Gasteiger partial charge on any atom is -0.335 e. The Labute approximate surface area is 136 Å². The summed E-state index contributed by atoms with van der Waals surface area (Å²) in [6.07, 6.45) is 4.38. The summed E-state index contributed by atoms with van der Waals surface area (Å²) < 4.78 is 1.46. The highest BCUT2D eigenvalue weighted by atomic mass is 16.2. The lowest BCUT2D eigenvalue weighted by Gasteiger charge is -2.29. The highest BCUT2D eigenvalue weighted by molar-refractivity contribution is 5.94. The van der Waals surface area contributed by atoms with Crippen LogP contribution in [0.25, 0.3) is 0 Å². The van der Waals surface area contributed by atoms with Gasteiger partial charge in [0.25, 0.3) is 5.91 Å². The molecule has 0 radical (unpaired) electrons. The monoisotopic (exact) mass is 310 g/mol. The van der Waals surface area contributed by atoms with Crippen molar-refractivity contribution in [1.29, 1.82) is 0 Å². The van der Waals surface area contributed by atoms with Crippen molar-refractivity contribution < 1.29 is 4.79 Å². The van der Waals surface area contributed by atoms with Gasteiger partial charge in [0.2, 0.25) is 5.56 Å². The van der Waals surface area contributed by atoms with Crippen LogP contribution in [-0.2, 0) is 19.9 Å². The first-order chi connectivity index (χ1) is 11.1. The number of fused-ring (bicyclic) bond motifs is 1. The third kappa shape index (κ3) is 3.07. The van der Waals surface area contributed by atoms with E-state index >= 15 is 0 Å². The molecule has 1 aromatic heterocycles. The topological polar surface area (TPSA) is 42.3 Å². The average Bonchev–Trinajstić information content (AvgIpc) is 2.98. The molecule has 1 heterocycles. The van der Waals surface area contributed by atoms with Gasteiger partial charge in [-0.2, -0.15) is 0 Å². The van der Waals surface area contributed by atoms with E-state index in [-0.39, 0.29) is 17.5 Å². The number of aryl methyl sites for hydroxylation is 1. The molecular weight excluding hydrogens is 288 g/mol.